The molecule has 0 aromatic heterocycles. The maximum atomic E-state index is 9.85. The summed E-state index contributed by atoms with van der Waals surface area (Å²) in [6.45, 7) is 2.18. The van der Waals surface area contributed by atoms with Crippen LogP contribution in [0.15, 0.2) is 23.2 Å². The lowest BCUT2D eigenvalue weighted by atomic mass is 10.3. The van der Waals surface area contributed by atoms with Crippen molar-refractivity contribution in [2.45, 2.75) is 12.5 Å². The highest BCUT2D eigenvalue weighted by atomic mass is 35.5. The van der Waals surface area contributed by atoms with Gasteiger partial charge in [-0.25, -0.2) is 0 Å². The molecule has 20 heavy (non-hydrogen) atoms. The number of nitrogens with one attached hydrogen (secondary N) is 2. The van der Waals surface area contributed by atoms with Crippen molar-refractivity contribution < 1.29 is 9.84 Å². The summed E-state index contributed by atoms with van der Waals surface area (Å²) >= 11 is 11.9. The van der Waals surface area contributed by atoms with E-state index in [0.717, 1.165) is 25.5 Å². The highest BCUT2D eigenvalue weighted by Gasteiger charge is 2.11. The van der Waals surface area contributed by atoms with Gasteiger partial charge in [-0.05, 0) is 18.6 Å². The molecule has 1 atom stereocenters. The van der Waals surface area contributed by atoms with Crippen LogP contribution in [0.25, 0.3) is 0 Å². The number of guanidine groups is 1. The zero-order chi connectivity index (χ0) is 14.4. The Labute approximate surface area is 127 Å². The van der Waals surface area contributed by atoms with E-state index < -0.39 is 6.10 Å². The first-order valence-corrected chi connectivity index (χ1v) is 7.19. The summed E-state index contributed by atoms with van der Waals surface area (Å²) in [5.74, 6) is 1.18. The molecule has 1 aromatic carbocycles. The predicted molar refractivity (Wildman–Crippen MR) is 80.9 cm³/mol. The average Bonchev–Trinajstić information content (AvgIpc) is 2.48. The molecule has 110 valence electrons. The van der Waals surface area contributed by atoms with Crippen molar-refractivity contribution in [1.29, 1.82) is 0 Å². The number of benzene rings is 1. The third-order valence-electron chi connectivity index (χ3n) is 2.75. The fourth-order valence-electron chi connectivity index (χ4n) is 1.71. The number of rotatable bonds is 5. The van der Waals surface area contributed by atoms with Crippen molar-refractivity contribution in [2.24, 2.45) is 4.99 Å². The quantitative estimate of drug-likeness (QED) is 0.773. The zero-order valence-electron chi connectivity index (χ0n) is 10.9. The van der Waals surface area contributed by atoms with E-state index in [1.54, 1.807) is 18.2 Å². The first-order chi connectivity index (χ1) is 9.66. The van der Waals surface area contributed by atoms with Crippen molar-refractivity contribution >= 4 is 29.2 Å². The van der Waals surface area contributed by atoms with E-state index in [-0.39, 0.29) is 6.61 Å². The Morgan fingerprint density at radius 1 is 1.45 bits per heavy atom. The van der Waals surface area contributed by atoms with E-state index in [1.807, 2.05) is 0 Å². The molecule has 2 rings (SSSR count). The summed E-state index contributed by atoms with van der Waals surface area (Å²) in [5, 5.41) is 16.8. The van der Waals surface area contributed by atoms with Gasteiger partial charge in [-0.15, -0.1) is 0 Å². The second kappa shape index (κ2) is 7.57. The van der Waals surface area contributed by atoms with E-state index in [9.17, 15) is 5.11 Å². The van der Waals surface area contributed by atoms with Crippen molar-refractivity contribution in [3.05, 3.63) is 28.2 Å². The van der Waals surface area contributed by atoms with Gasteiger partial charge in [0.25, 0.3) is 0 Å². The van der Waals surface area contributed by atoms with Gasteiger partial charge in [0, 0.05) is 19.6 Å². The second-order valence-corrected chi connectivity index (χ2v) is 5.19. The molecule has 5 nitrogen and oxygen atoms in total. The van der Waals surface area contributed by atoms with E-state index >= 15 is 0 Å². The van der Waals surface area contributed by atoms with Crippen LogP contribution < -0.4 is 15.4 Å². The lowest BCUT2D eigenvalue weighted by molar-refractivity contribution is 0.110. The van der Waals surface area contributed by atoms with Gasteiger partial charge < -0.3 is 20.5 Å². The fraction of sp³-hybridized carbons (Fsp3) is 0.462. The minimum atomic E-state index is -0.670. The Bertz CT molecular complexity index is 483. The van der Waals surface area contributed by atoms with E-state index in [2.05, 4.69) is 15.6 Å². The molecular weight excluding hydrogens is 301 g/mol. The minimum absolute atomic E-state index is 0.125. The summed E-state index contributed by atoms with van der Waals surface area (Å²) in [6, 6.07) is 5.14. The molecule has 0 spiro atoms. The molecule has 1 heterocycles. The molecule has 0 aliphatic carbocycles. The highest BCUT2D eigenvalue weighted by Crippen LogP contribution is 2.31. The van der Waals surface area contributed by atoms with E-state index in [4.69, 9.17) is 27.9 Å². The summed E-state index contributed by atoms with van der Waals surface area (Å²) in [7, 11) is 0. The normalized spacial score (nSPS) is 16.1. The molecule has 0 saturated carbocycles. The monoisotopic (exact) mass is 317 g/mol. The van der Waals surface area contributed by atoms with Crippen molar-refractivity contribution in [2.75, 3.05) is 26.2 Å². The molecule has 0 amide bonds. The van der Waals surface area contributed by atoms with Crippen LogP contribution in [-0.4, -0.2) is 43.4 Å². The Morgan fingerprint density at radius 2 is 2.30 bits per heavy atom. The topological polar surface area (TPSA) is 65.9 Å². The Kier molecular flexibility index (Phi) is 5.76. The number of hydrogen-bond acceptors (Lipinski definition) is 5. The molecule has 0 saturated heterocycles. The second-order valence-electron chi connectivity index (χ2n) is 4.41. The molecule has 7 heteroatoms. The van der Waals surface area contributed by atoms with Gasteiger partial charge in [-0.1, -0.05) is 29.3 Å². The van der Waals surface area contributed by atoms with Crippen LogP contribution in [0, 0.1) is 0 Å². The first-order valence-electron chi connectivity index (χ1n) is 6.44. The summed E-state index contributed by atoms with van der Waals surface area (Å²) in [4.78, 5) is 4.25. The van der Waals surface area contributed by atoms with Crippen molar-refractivity contribution in [1.82, 2.24) is 10.6 Å². The maximum absolute atomic E-state index is 9.85. The Hall–Kier alpha value is -1.17. The number of hydrogen-bond donors (Lipinski definition) is 3. The SMILES string of the molecule is OC(CNC1=NCCCN1)COc1cccc(Cl)c1Cl. The third kappa shape index (κ3) is 4.44. The van der Waals surface area contributed by atoms with Crippen LogP contribution in [-0.2, 0) is 0 Å². The van der Waals surface area contributed by atoms with Gasteiger partial charge >= 0.3 is 0 Å². The lowest BCUT2D eigenvalue weighted by Crippen LogP contribution is -2.44. The van der Waals surface area contributed by atoms with Crippen LogP contribution in [0.3, 0.4) is 0 Å². The minimum Gasteiger partial charge on any atom is -0.489 e. The van der Waals surface area contributed by atoms with Gasteiger partial charge in [0.1, 0.15) is 23.5 Å². The van der Waals surface area contributed by atoms with Gasteiger partial charge in [0.05, 0.1) is 5.02 Å². The number of halogens is 2. The summed E-state index contributed by atoms with van der Waals surface area (Å²) in [6.07, 6.45) is 0.362. The Morgan fingerprint density at radius 3 is 3.05 bits per heavy atom. The number of ether oxygens (including phenoxy) is 1. The molecule has 0 fully saturated rings. The number of aliphatic imine (C=N–C) groups is 1. The van der Waals surface area contributed by atoms with Gasteiger partial charge in [-0.2, -0.15) is 0 Å². The van der Waals surface area contributed by atoms with E-state index in [0.29, 0.717) is 22.3 Å². The van der Waals surface area contributed by atoms with Crippen LogP contribution in [0.4, 0.5) is 0 Å². The van der Waals surface area contributed by atoms with Crippen LogP contribution >= 0.6 is 23.2 Å². The number of aliphatic hydroxyl groups excluding tert-OH is 1. The van der Waals surface area contributed by atoms with Crippen LogP contribution in [0.1, 0.15) is 6.42 Å². The third-order valence-corrected chi connectivity index (χ3v) is 3.55. The van der Waals surface area contributed by atoms with Crippen molar-refractivity contribution in [3.8, 4) is 5.75 Å². The molecular formula is C13H17Cl2N3O2. The number of nitrogens with zero attached hydrogens (tertiary/aromatic N) is 1. The summed E-state index contributed by atoms with van der Waals surface area (Å²) in [5.41, 5.74) is 0. The fourth-order valence-corrected chi connectivity index (χ4v) is 2.05. The van der Waals surface area contributed by atoms with E-state index in [1.165, 1.54) is 0 Å². The number of aliphatic hydroxyl groups is 1. The average molecular weight is 318 g/mol. The van der Waals surface area contributed by atoms with Crippen LogP contribution in [0.5, 0.6) is 5.75 Å². The Balaban J connectivity index is 1.75. The molecule has 1 aliphatic rings. The largest absolute Gasteiger partial charge is 0.489 e. The summed E-state index contributed by atoms with van der Waals surface area (Å²) < 4.78 is 5.45. The molecule has 1 unspecified atom stereocenters. The smallest absolute Gasteiger partial charge is 0.191 e. The highest BCUT2D eigenvalue weighted by molar-refractivity contribution is 6.42. The zero-order valence-corrected chi connectivity index (χ0v) is 12.4. The predicted octanol–water partition coefficient (Wildman–Crippen LogP) is 1.67. The van der Waals surface area contributed by atoms with Crippen molar-refractivity contribution in [3.63, 3.8) is 0 Å². The lowest BCUT2D eigenvalue weighted by Gasteiger charge is -2.18. The van der Waals surface area contributed by atoms with Gasteiger partial charge in [-0.3, -0.25) is 4.99 Å². The molecule has 1 aliphatic heterocycles. The molecule has 0 bridgehead atoms. The van der Waals surface area contributed by atoms with Gasteiger partial charge in [0.15, 0.2) is 5.96 Å². The maximum Gasteiger partial charge on any atom is 0.191 e. The molecule has 1 aromatic rings. The molecule has 0 radical (unpaired) electrons. The standard InChI is InChI=1S/C13H17Cl2N3O2/c14-10-3-1-4-11(12(10)15)20-8-9(19)7-18-13-16-5-2-6-17-13/h1,3-4,9,19H,2,5-8H2,(H2,16,17,18). The van der Waals surface area contributed by atoms with Gasteiger partial charge in [0.2, 0.25) is 0 Å². The first kappa shape index (κ1) is 15.2. The molecule has 3 N–H and O–H groups in total. The van der Waals surface area contributed by atoms with Crippen LogP contribution in [0.2, 0.25) is 10.0 Å².